The van der Waals surface area contributed by atoms with E-state index in [4.69, 9.17) is 0 Å². The Kier molecular flexibility index (Phi) is 5.20. The summed E-state index contributed by atoms with van der Waals surface area (Å²) < 4.78 is 0. The first kappa shape index (κ1) is 18.2. The summed E-state index contributed by atoms with van der Waals surface area (Å²) in [5.74, 6) is -0.721. The van der Waals surface area contributed by atoms with E-state index < -0.39 is 0 Å². The molecule has 2 N–H and O–H groups in total. The number of nitrogens with zero attached hydrogens (tertiary/aromatic N) is 3. The molecule has 0 spiro atoms. The highest BCUT2D eigenvalue weighted by Crippen LogP contribution is 2.21. The number of benzene rings is 1. The number of rotatable bonds is 5. The van der Waals surface area contributed by atoms with Crippen molar-refractivity contribution in [2.75, 3.05) is 5.32 Å². The van der Waals surface area contributed by atoms with Gasteiger partial charge in [-0.3, -0.25) is 24.5 Å². The lowest BCUT2D eigenvalue weighted by atomic mass is 10.1. The zero-order valence-electron chi connectivity index (χ0n) is 15.4. The van der Waals surface area contributed by atoms with Gasteiger partial charge in [0.25, 0.3) is 11.8 Å². The maximum absolute atomic E-state index is 12.7. The fourth-order valence-corrected chi connectivity index (χ4v) is 2.86. The second-order valence-electron chi connectivity index (χ2n) is 6.27. The molecule has 0 radical (unpaired) electrons. The molecule has 0 bridgehead atoms. The van der Waals surface area contributed by atoms with Gasteiger partial charge in [-0.05, 0) is 36.4 Å². The third kappa shape index (κ3) is 4.24. The normalized spacial score (nSPS) is 10.5. The van der Waals surface area contributed by atoms with Crippen molar-refractivity contribution in [3.63, 3.8) is 0 Å². The van der Waals surface area contributed by atoms with E-state index in [9.17, 15) is 9.59 Å². The van der Waals surface area contributed by atoms with E-state index in [0.717, 1.165) is 11.1 Å². The summed E-state index contributed by atoms with van der Waals surface area (Å²) in [5.41, 5.74) is 2.52. The fraction of sp³-hybridized carbons (Fsp3) is 0.0455. The number of nitrogens with one attached hydrogen (secondary N) is 2. The zero-order valence-corrected chi connectivity index (χ0v) is 15.4. The van der Waals surface area contributed by atoms with Crippen LogP contribution in [0.25, 0.3) is 10.9 Å². The van der Waals surface area contributed by atoms with Crippen LogP contribution < -0.4 is 10.6 Å². The van der Waals surface area contributed by atoms with Crippen LogP contribution in [0, 0.1) is 0 Å². The summed E-state index contributed by atoms with van der Waals surface area (Å²) >= 11 is 0. The van der Waals surface area contributed by atoms with Crippen molar-refractivity contribution in [3.8, 4) is 0 Å². The van der Waals surface area contributed by atoms with E-state index in [1.54, 1.807) is 30.6 Å². The molecule has 0 saturated carbocycles. The molecule has 3 aromatic heterocycles. The summed E-state index contributed by atoms with van der Waals surface area (Å²) in [6, 6.07) is 17.8. The lowest BCUT2D eigenvalue weighted by Crippen LogP contribution is -2.25. The molecular weight excluding hydrogens is 366 g/mol. The van der Waals surface area contributed by atoms with E-state index in [2.05, 4.69) is 25.6 Å². The Balaban J connectivity index is 1.49. The smallest absolute Gasteiger partial charge is 0.270 e. The molecule has 0 unspecified atom stereocenters. The van der Waals surface area contributed by atoms with Gasteiger partial charge in [0.15, 0.2) is 0 Å². The van der Waals surface area contributed by atoms with Gasteiger partial charge in [0.05, 0.1) is 23.4 Å². The second-order valence-corrected chi connectivity index (χ2v) is 6.27. The SMILES string of the molecule is O=C(Nc1cccc2cccnc12)c1ccnc(C(=O)NCc2ccccn2)c1. The number of amides is 2. The predicted molar refractivity (Wildman–Crippen MR) is 109 cm³/mol. The molecule has 7 heteroatoms. The lowest BCUT2D eigenvalue weighted by Gasteiger charge is -2.09. The topological polar surface area (TPSA) is 96.9 Å². The van der Waals surface area contributed by atoms with Gasteiger partial charge in [-0.2, -0.15) is 0 Å². The molecule has 2 amide bonds. The third-order valence-electron chi connectivity index (χ3n) is 4.29. The van der Waals surface area contributed by atoms with Crippen LogP contribution in [0.15, 0.2) is 79.3 Å². The second kappa shape index (κ2) is 8.26. The number of hydrogen-bond donors (Lipinski definition) is 2. The quantitative estimate of drug-likeness (QED) is 0.552. The minimum atomic E-state index is -0.378. The highest BCUT2D eigenvalue weighted by atomic mass is 16.2. The highest BCUT2D eigenvalue weighted by Gasteiger charge is 2.13. The standard InChI is InChI=1S/C22H17N5O2/c28-21(27-18-8-3-5-15-6-4-11-25-20(15)18)16-9-12-24-19(13-16)22(29)26-14-17-7-1-2-10-23-17/h1-13H,14H2,(H,26,29)(H,27,28). The predicted octanol–water partition coefficient (Wildman–Crippen LogP) is 3.21. The van der Waals surface area contributed by atoms with E-state index in [-0.39, 0.29) is 24.1 Å². The molecule has 0 aliphatic heterocycles. The maximum atomic E-state index is 12.7. The fourth-order valence-electron chi connectivity index (χ4n) is 2.86. The zero-order chi connectivity index (χ0) is 20.1. The molecule has 29 heavy (non-hydrogen) atoms. The number of carbonyl (C=O) groups is 2. The van der Waals surface area contributed by atoms with Crippen molar-refractivity contribution in [1.29, 1.82) is 0 Å². The summed E-state index contributed by atoms with van der Waals surface area (Å²) in [5, 5.41) is 6.53. The largest absolute Gasteiger partial charge is 0.345 e. The van der Waals surface area contributed by atoms with Gasteiger partial charge in [0, 0.05) is 29.5 Å². The average Bonchev–Trinajstić information content (AvgIpc) is 2.78. The number of anilines is 1. The number of hydrogen-bond acceptors (Lipinski definition) is 5. The first-order chi connectivity index (χ1) is 14.2. The summed E-state index contributed by atoms with van der Waals surface area (Å²) in [4.78, 5) is 37.6. The van der Waals surface area contributed by atoms with Crippen LogP contribution >= 0.6 is 0 Å². The molecule has 142 valence electrons. The molecule has 0 aliphatic carbocycles. The van der Waals surface area contributed by atoms with Crippen LogP contribution in [0.3, 0.4) is 0 Å². The van der Waals surface area contributed by atoms with E-state index in [1.165, 1.54) is 12.3 Å². The summed E-state index contributed by atoms with van der Waals surface area (Å²) in [7, 11) is 0. The Bertz CT molecular complexity index is 1170. The number of aromatic nitrogens is 3. The molecule has 0 saturated heterocycles. The van der Waals surface area contributed by atoms with Crippen LogP contribution in [0.5, 0.6) is 0 Å². The lowest BCUT2D eigenvalue weighted by molar-refractivity contribution is 0.0945. The Morgan fingerprint density at radius 2 is 1.66 bits per heavy atom. The monoisotopic (exact) mass is 383 g/mol. The Morgan fingerprint density at radius 1 is 0.793 bits per heavy atom. The summed E-state index contributed by atoms with van der Waals surface area (Å²) in [6.45, 7) is 0.277. The van der Waals surface area contributed by atoms with E-state index >= 15 is 0 Å². The molecule has 4 aromatic rings. The van der Waals surface area contributed by atoms with Gasteiger partial charge in [-0.15, -0.1) is 0 Å². The third-order valence-corrected chi connectivity index (χ3v) is 4.29. The van der Waals surface area contributed by atoms with Crippen LogP contribution in [0.2, 0.25) is 0 Å². The molecule has 4 rings (SSSR count). The van der Waals surface area contributed by atoms with Gasteiger partial charge in [-0.1, -0.05) is 24.3 Å². The van der Waals surface area contributed by atoms with Crippen LogP contribution in [0.4, 0.5) is 5.69 Å². The van der Waals surface area contributed by atoms with Crippen LogP contribution in [0.1, 0.15) is 26.5 Å². The Morgan fingerprint density at radius 3 is 2.52 bits per heavy atom. The molecule has 1 aromatic carbocycles. The number of fused-ring (bicyclic) bond motifs is 1. The van der Waals surface area contributed by atoms with E-state index in [1.807, 2.05) is 36.4 Å². The number of carbonyl (C=O) groups excluding carboxylic acids is 2. The number of pyridine rings is 3. The van der Waals surface area contributed by atoms with Crippen molar-refractivity contribution in [2.45, 2.75) is 6.54 Å². The Hall–Kier alpha value is -4.13. The van der Waals surface area contributed by atoms with Gasteiger partial charge in [0.1, 0.15) is 5.69 Å². The average molecular weight is 383 g/mol. The highest BCUT2D eigenvalue weighted by molar-refractivity contribution is 6.09. The number of para-hydroxylation sites is 1. The van der Waals surface area contributed by atoms with Gasteiger partial charge in [0.2, 0.25) is 0 Å². The summed E-state index contributed by atoms with van der Waals surface area (Å²) in [6.07, 6.45) is 4.77. The molecule has 0 fully saturated rings. The van der Waals surface area contributed by atoms with E-state index in [0.29, 0.717) is 16.8 Å². The van der Waals surface area contributed by atoms with Crippen LogP contribution in [-0.4, -0.2) is 26.8 Å². The Labute approximate surface area is 166 Å². The van der Waals surface area contributed by atoms with Crippen molar-refractivity contribution in [1.82, 2.24) is 20.3 Å². The van der Waals surface area contributed by atoms with Crippen molar-refractivity contribution in [3.05, 3.63) is 96.2 Å². The molecule has 3 heterocycles. The van der Waals surface area contributed by atoms with Crippen LogP contribution in [-0.2, 0) is 6.54 Å². The van der Waals surface area contributed by atoms with Crippen molar-refractivity contribution >= 4 is 28.4 Å². The maximum Gasteiger partial charge on any atom is 0.270 e. The minimum Gasteiger partial charge on any atom is -0.345 e. The van der Waals surface area contributed by atoms with Gasteiger partial charge in [-0.25, -0.2) is 0 Å². The molecule has 0 aliphatic rings. The molecule has 7 nitrogen and oxygen atoms in total. The molecular formula is C22H17N5O2. The minimum absolute atomic E-state index is 0.157. The van der Waals surface area contributed by atoms with Gasteiger partial charge >= 0.3 is 0 Å². The van der Waals surface area contributed by atoms with Crippen molar-refractivity contribution in [2.24, 2.45) is 0 Å². The molecule has 0 atom stereocenters. The van der Waals surface area contributed by atoms with Gasteiger partial charge < -0.3 is 10.6 Å². The van der Waals surface area contributed by atoms with Crippen molar-refractivity contribution < 1.29 is 9.59 Å². The first-order valence-electron chi connectivity index (χ1n) is 9.00. The first-order valence-corrected chi connectivity index (χ1v) is 9.00.